The van der Waals surface area contributed by atoms with Gasteiger partial charge in [0.25, 0.3) is 0 Å². The lowest BCUT2D eigenvalue weighted by Crippen LogP contribution is -2.42. The highest BCUT2D eigenvalue weighted by molar-refractivity contribution is 7.80. The number of carbonyl (C=O) groups excluding carboxylic acids is 2. The van der Waals surface area contributed by atoms with Crippen LogP contribution in [0.15, 0.2) is 6.33 Å². The second-order valence-corrected chi connectivity index (χ2v) is 3.89. The Balaban J connectivity index is 2.41. The fraction of sp³-hybridized carbons (Fsp3) is 0.444. The molecule has 0 aromatic carbocycles. The summed E-state index contributed by atoms with van der Waals surface area (Å²) in [5.41, 5.74) is 5.19. The van der Waals surface area contributed by atoms with Gasteiger partial charge in [-0.25, -0.2) is 0 Å². The van der Waals surface area contributed by atoms with Crippen LogP contribution in [0, 0.1) is 0 Å². The number of nitrogens with one attached hydrogen (secondary N) is 2. The smallest absolute Gasteiger partial charge is 0.309 e. The normalized spacial score (nSPS) is 9.83. The van der Waals surface area contributed by atoms with E-state index in [1.807, 2.05) is 6.92 Å². The first kappa shape index (κ1) is 14.0. The average molecular weight is 270 g/mol. The number of amides is 2. The Morgan fingerprint density at radius 2 is 2.11 bits per heavy atom. The maximum atomic E-state index is 11.4. The van der Waals surface area contributed by atoms with Crippen LogP contribution in [0.1, 0.15) is 12.7 Å². The number of aromatic nitrogens is 3. The van der Waals surface area contributed by atoms with Crippen molar-refractivity contribution < 1.29 is 9.59 Å². The lowest BCUT2D eigenvalue weighted by atomic mass is 10.4. The fourth-order valence-corrected chi connectivity index (χ4v) is 1.24. The standard InChI is InChI=1S/C9H14N6O2S/c1-2-15-5-13-14-7(15)4-12-9(17)8(16)11-3-6(10)18/h5H,2-4H2,1H3,(H2,10,18)(H,11,16)(H,12,17). The van der Waals surface area contributed by atoms with Crippen molar-refractivity contribution in [1.82, 2.24) is 25.4 Å². The quantitative estimate of drug-likeness (QED) is 0.435. The lowest BCUT2D eigenvalue weighted by Gasteiger charge is -2.06. The summed E-state index contributed by atoms with van der Waals surface area (Å²) in [7, 11) is 0. The maximum Gasteiger partial charge on any atom is 0.309 e. The molecule has 0 aliphatic carbocycles. The highest BCUT2D eigenvalue weighted by atomic mass is 32.1. The van der Waals surface area contributed by atoms with E-state index in [4.69, 9.17) is 5.73 Å². The Morgan fingerprint density at radius 1 is 1.44 bits per heavy atom. The van der Waals surface area contributed by atoms with E-state index in [2.05, 4.69) is 33.0 Å². The van der Waals surface area contributed by atoms with E-state index in [9.17, 15) is 9.59 Å². The number of nitrogens with two attached hydrogens (primary N) is 1. The summed E-state index contributed by atoms with van der Waals surface area (Å²) < 4.78 is 1.76. The van der Waals surface area contributed by atoms with Crippen molar-refractivity contribution in [3.63, 3.8) is 0 Å². The second-order valence-electron chi connectivity index (χ2n) is 3.36. The van der Waals surface area contributed by atoms with Crippen LogP contribution in [0.2, 0.25) is 0 Å². The Morgan fingerprint density at radius 3 is 2.72 bits per heavy atom. The van der Waals surface area contributed by atoms with Crippen molar-refractivity contribution in [2.24, 2.45) is 5.73 Å². The van der Waals surface area contributed by atoms with Crippen LogP contribution < -0.4 is 16.4 Å². The largest absolute Gasteiger partial charge is 0.392 e. The number of rotatable bonds is 5. The molecule has 0 aliphatic heterocycles. The molecular formula is C9H14N6O2S. The zero-order valence-electron chi connectivity index (χ0n) is 9.84. The highest BCUT2D eigenvalue weighted by Gasteiger charge is 2.13. The number of hydrogen-bond acceptors (Lipinski definition) is 5. The zero-order chi connectivity index (χ0) is 13.5. The molecule has 9 heteroatoms. The Labute approximate surface area is 109 Å². The van der Waals surface area contributed by atoms with Crippen LogP contribution in [-0.2, 0) is 22.7 Å². The van der Waals surface area contributed by atoms with Gasteiger partial charge in [0.2, 0.25) is 0 Å². The van der Waals surface area contributed by atoms with E-state index >= 15 is 0 Å². The molecule has 0 bridgehead atoms. The monoisotopic (exact) mass is 270 g/mol. The van der Waals surface area contributed by atoms with Gasteiger partial charge in [-0.1, -0.05) is 12.2 Å². The highest BCUT2D eigenvalue weighted by Crippen LogP contribution is 1.93. The van der Waals surface area contributed by atoms with Crippen molar-refractivity contribution in [2.45, 2.75) is 20.0 Å². The summed E-state index contributed by atoms with van der Waals surface area (Å²) in [6.45, 7) is 2.73. The van der Waals surface area contributed by atoms with E-state index < -0.39 is 11.8 Å². The van der Waals surface area contributed by atoms with Crippen LogP contribution in [0.3, 0.4) is 0 Å². The summed E-state index contributed by atoms with van der Waals surface area (Å²) in [5, 5.41) is 12.2. The molecule has 0 saturated carbocycles. The van der Waals surface area contributed by atoms with E-state index in [0.29, 0.717) is 12.4 Å². The molecule has 0 spiro atoms. The summed E-state index contributed by atoms with van der Waals surface area (Å²) >= 11 is 4.57. The van der Waals surface area contributed by atoms with Crippen molar-refractivity contribution in [3.05, 3.63) is 12.2 Å². The third-order valence-corrected chi connectivity index (χ3v) is 2.22. The summed E-state index contributed by atoms with van der Waals surface area (Å²) in [5.74, 6) is -0.977. The maximum absolute atomic E-state index is 11.4. The molecular weight excluding hydrogens is 256 g/mol. The Bertz CT molecular complexity index is 458. The van der Waals surface area contributed by atoms with Crippen LogP contribution >= 0.6 is 12.2 Å². The van der Waals surface area contributed by atoms with Gasteiger partial charge in [0.15, 0.2) is 5.82 Å². The molecule has 8 nitrogen and oxygen atoms in total. The Hall–Kier alpha value is -2.03. The molecule has 1 aromatic heterocycles. The molecule has 4 N–H and O–H groups in total. The number of hydrogen-bond donors (Lipinski definition) is 3. The second kappa shape index (κ2) is 6.64. The average Bonchev–Trinajstić information content (AvgIpc) is 2.80. The topological polar surface area (TPSA) is 115 Å². The molecule has 1 aromatic rings. The zero-order valence-corrected chi connectivity index (χ0v) is 10.7. The minimum Gasteiger partial charge on any atom is -0.392 e. The molecule has 98 valence electrons. The first-order valence-electron chi connectivity index (χ1n) is 5.25. The van der Waals surface area contributed by atoms with Crippen molar-refractivity contribution >= 4 is 29.0 Å². The summed E-state index contributed by atoms with van der Waals surface area (Å²) in [6, 6.07) is 0. The number of nitrogens with zero attached hydrogens (tertiary/aromatic N) is 3. The van der Waals surface area contributed by atoms with E-state index in [0.717, 1.165) is 0 Å². The van der Waals surface area contributed by atoms with E-state index in [-0.39, 0.29) is 18.1 Å². The van der Waals surface area contributed by atoms with Crippen molar-refractivity contribution in [2.75, 3.05) is 6.54 Å². The predicted molar refractivity (Wildman–Crippen MR) is 67.3 cm³/mol. The molecule has 2 amide bonds. The van der Waals surface area contributed by atoms with Gasteiger partial charge in [0.05, 0.1) is 18.1 Å². The van der Waals surface area contributed by atoms with Gasteiger partial charge < -0.3 is 20.9 Å². The Kier molecular flexibility index (Phi) is 5.18. The molecule has 0 fully saturated rings. The van der Waals surface area contributed by atoms with E-state index in [1.165, 1.54) is 0 Å². The van der Waals surface area contributed by atoms with Gasteiger partial charge >= 0.3 is 11.8 Å². The SMILES string of the molecule is CCn1cnnc1CNC(=O)C(=O)NCC(N)=S. The van der Waals surface area contributed by atoms with Crippen molar-refractivity contribution in [3.8, 4) is 0 Å². The van der Waals surface area contributed by atoms with Gasteiger partial charge in [0, 0.05) is 6.54 Å². The predicted octanol–water partition coefficient (Wildman–Crippen LogP) is -1.68. The van der Waals surface area contributed by atoms with Crippen LogP contribution in [0.4, 0.5) is 0 Å². The first-order valence-corrected chi connectivity index (χ1v) is 5.66. The molecule has 0 unspecified atom stereocenters. The molecule has 1 heterocycles. The minimum absolute atomic E-state index is 0.00721. The molecule has 0 radical (unpaired) electrons. The third kappa shape index (κ3) is 4.09. The van der Waals surface area contributed by atoms with Gasteiger partial charge in [-0.15, -0.1) is 10.2 Å². The molecule has 0 aliphatic rings. The summed E-state index contributed by atoms with van der Waals surface area (Å²) in [4.78, 5) is 22.8. The van der Waals surface area contributed by atoms with Crippen LogP contribution in [-0.4, -0.2) is 38.1 Å². The molecule has 0 atom stereocenters. The molecule has 18 heavy (non-hydrogen) atoms. The lowest BCUT2D eigenvalue weighted by molar-refractivity contribution is -0.139. The van der Waals surface area contributed by atoms with Crippen LogP contribution in [0.5, 0.6) is 0 Å². The summed E-state index contributed by atoms with van der Waals surface area (Å²) in [6.07, 6.45) is 1.55. The van der Waals surface area contributed by atoms with Crippen molar-refractivity contribution in [1.29, 1.82) is 0 Å². The molecule has 0 saturated heterocycles. The fourth-order valence-electron chi connectivity index (χ4n) is 1.17. The third-order valence-electron chi connectivity index (χ3n) is 2.07. The molecule has 1 rings (SSSR count). The van der Waals surface area contributed by atoms with Gasteiger partial charge in [-0.3, -0.25) is 9.59 Å². The van der Waals surface area contributed by atoms with Crippen LogP contribution in [0.25, 0.3) is 0 Å². The minimum atomic E-state index is -0.787. The number of aryl methyl sites for hydroxylation is 1. The number of thiocarbonyl (C=S) groups is 1. The van der Waals surface area contributed by atoms with Gasteiger partial charge in [0.1, 0.15) is 6.33 Å². The van der Waals surface area contributed by atoms with Gasteiger partial charge in [-0.05, 0) is 6.92 Å². The number of carbonyl (C=O) groups is 2. The van der Waals surface area contributed by atoms with E-state index in [1.54, 1.807) is 10.9 Å². The van der Waals surface area contributed by atoms with Gasteiger partial charge in [-0.2, -0.15) is 0 Å². The first-order chi connectivity index (χ1) is 8.54.